The molecule has 130 valence electrons. The van der Waals surface area contributed by atoms with Gasteiger partial charge in [0.1, 0.15) is 4.90 Å². The standard InChI is InChI=1S/C16H23N5O2S/c1-11-9-20-6-4-5-13(20)10-21(11)24(22,23)14-7-15-12(2)18-19(3)16(15)17-8-14/h7-8,11,13H,4-6,9-10H2,1-3H3/t11-,13+/m0/s1. The third-order valence-electron chi connectivity index (χ3n) is 5.32. The summed E-state index contributed by atoms with van der Waals surface area (Å²) in [6.45, 7) is 6.35. The van der Waals surface area contributed by atoms with Crippen LogP contribution in [-0.4, -0.2) is 64.1 Å². The molecule has 0 aromatic carbocycles. The maximum absolute atomic E-state index is 13.2. The fraction of sp³-hybridized carbons (Fsp3) is 0.625. The lowest BCUT2D eigenvalue weighted by Gasteiger charge is -2.41. The largest absolute Gasteiger partial charge is 0.297 e. The van der Waals surface area contributed by atoms with E-state index >= 15 is 0 Å². The van der Waals surface area contributed by atoms with Gasteiger partial charge in [-0.05, 0) is 39.3 Å². The van der Waals surface area contributed by atoms with Gasteiger partial charge in [0, 0.05) is 43.8 Å². The number of sulfonamides is 1. The SMILES string of the molecule is Cc1nn(C)c2ncc(S(=O)(=O)N3C[C@H]4CCCN4C[C@@H]3C)cc12. The molecule has 0 N–H and O–H groups in total. The van der Waals surface area contributed by atoms with Crippen LogP contribution in [0.25, 0.3) is 11.0 Å². The number of hydrogen-bond donors (Lipinski definition) is 0. The lowest BCUT2D eigenvalue weighted by molar-refractivity contribution is 0.117. The van der Waals surface area contributed by atoms with Crippen LogP contribution < -0.4 is 0 Å². The van der Waals surface area contributed by atoms with E-state index < -0.39 is 10.0 Å². The molecule has 8 heteroatoms. The van der Waals surface area contributed by atoms with E-state index in [4.69, 9.17) is 0 Å². The molecule has 0 amide bonds. The predicted octanol–water partition coefficient (Wildman–Crippen LogP) is 1.13. The summed E-state index contributed by atoms with van der Waals surface area (Å²) in [6, 6.07) is 2.05. The molecule has 0 unspecified atom stereocenters. The molecule has 0 aliphatic carbocycles. The molecule has 2 fully saturated rings. The quantitative estimate of drug-likeness (QED) is 0.813. The molecule has 2 saturated heterocycles. The Bertz CT molecular complexity index is 891. The Hall–Kier alpha value is -1.51. The second kappa shape index (κ2) is 5.50. The molecule has 2 aromatic heterocycles. The highest BCUT2D eigenvalue weighted by atomic mass is 32.2. The average molecular weight is 349 g/mol. The van der Waals surface area contributed by atoms with Crippen molar-refractivity contribution in [3.8, 4) is 0 Å². The summed E-state index contributed by atoms with van der Waals surface area (Å²) in [5.41, 5.74) is 1.51. The van der Waals surface area contributed by atoms with Crippen LogP contribution in [0.2, 0.25) is 0 Å². The predicted molar refractivity (Wildman–Crippen MR) is 91.2 cm³/mol. The van der Waals surface area contributed by atoms with Gasteiger partial charge in [-0.15, -0.1) is 0 Å². The van der Waals surface area contributed by atoms with Crippen LogP contribution in [0.3, 0.4) is 0 Å². The number of piperazine rings is 1. The summed E-state index contributed by atoms with van der Waals surface area (Å²) < 4.78 is 29.7. The topological polar surface area (TPSA) is 71.3 Å². The van der Waals surface area contributed by atoms with Gasteiger partial charge in [-0.25, -0.2) is 13.4 Å². The smallest absolute Gasteiger partial charge is 0.244 e. The molecular weight excluding hydrogens is 326 g/mol. The third kappa shape index (κ3) is 2.35. The molecule has 2 aliphatic rings. The Balaban J connectivity index is 1.73. The summed E-state index contributed by atoms with van der Waals surface area (Å²) in [5, 5.41) is 5.12. The van der Waals surface area contributed by atoms with Crippen molar-refractivity contribution in [2.75, 3.05) is 19.6 Å². The zero-order valence-electron chi connectivity index (χ0n) is 14.3. The van der Waals surface area contributed by atoms with Crippen molar-refractivity contribution >= 4 is 21.1 Å². The van der Waals surface area contributed by atoms with E-state index in [-0.39, 0.29) is 10.9 Å². The van der Waals surface area contributed by atoms with Gasteiger partial charge in [-0.3, -0.25) is 9.58 Å². The first-order valence-corrected chi connectivity index (χ1v) is 9.87. The molecule has 2 atom stereocenters. The molecule has 2 aliphatic heterocycles. The third-order valence-corrected chi connectivity index (χ3v) is 7.27. The summed E-state index contributed by atoms with van der Waals surface area (Å²) in [4.78, 5) is 7.03. The Kier molecular flexibility index (Phi) is 3.67. The van der Waals surface area contributed by atoms with Crippen molar-refractivity contribution in [3.63, 3.8) is 0 Å². The van der Waals surface area contributed by atoms with Crippen LogP contribution in [0.1, 0.15) is 25.5 Å². The maximum Gasteiger partial charge on any atom is 0.244 e. The molecule has 24 heavy (non-hydrogen) atoms. The van der Waals surface area contributed by atoms with Gasteiger partial charge in [0.2, 0.25) is 10.0 Å². The van der Waals surface area contributed by atoms with Crippen molar-refractivity contribution in [1.82, 2.24) is 24.0 Å². The van der Waals surface area contributed by atoms with Crippen molar-refractivity contribution in [2.24, 2.45) is 7.05 Å². The van der Waals surface area contributed by atoms with Crippen LogP contribution >= 0.6 is 0 Å². The minimum Gasteiger partial charge on any atom is -0.297 e. The highest BCUT2D eigenvalue weighted by Crippen LogP contribution is 2.30. The van der Waals surface area contributed by atoms with Crippen molar-refractivity contribution in [1.29, 1.82) is 0 Å². The van der Waals surface area contributed by atoms with Crippen molar-refractivity contribution < 1.29 is 8.42 Å². The number of hydrogen-bond acceptors (Lipinski definition) is 5. The lowest BCUT2D eigenvalue weighted by Crippen LogP contribution is -2.56. The zero-order valence-corrected chi connectivity index (χ0v) is 15.1. The molecule has 7 nitrogen and oxygen atoms in total. The van der Waals surface area contributed by atoms with Crippen LogP contribution in [0.15, 0.2) is 17.2 Å². The monoisotopic (exact) mass is 349 g/mol. The van der Waals surface area contributed by atoms with Crippen molar-refractivity contribution in [3.05, 3.63) is 18.0 Å². The van der Waals surface area contributed by atoms with Gasteiger partial charge in [-0.1, -0.05) is 0 Å². The molecular formula is C16H23N5O2S. The van der Waals surface area contributed by atoms with Gasteiger partial charge >= 0.3 is 0 Å². The number of nitrogens with zero attached hydrogens (tertiary/aromatic N) is 5. The normalized spacial score (nSPS) is 26.1. The zero-order chi connectivity index (χ0) is 17.1. The van der Waals surface area contributed by atoms with E-state index in [2.05, 4.69) is 15.0 Å². The second-order valence-corrected chi connectivity index (χ2v) is 8.86. The van der Waals surface area contributed by atoms with Gasteiger partial charge in [-0.2, -0.15) is 9.40 Å². The Labute approximate surface area is 142 Å². The summed E-state index contributed by atoms with van der Waals surface area (Å²) >= 11 is 0. The van der Waals surface area contributed by atoms with Crippen LogP contribution in [-0.2, 0) is 17.1 Å². The van der Waals surface area contributed by atoms with Crippen LogP contribution in [0, 0.1) is 6.92 Å². The maximum atomic E-state index is 13.2. The fourth-order valence-corrected chi connectivity index (χ4v) is 5.69. The van der Waals surface area contributed by atoms with E-state index in [1.54, 1.807) is 15.1 Å². The number of aromatic nitrogens is 3. The number of rotatable bonds is 2. The Morgan fingerprint density at radius 2 is 2.08 bits per heavy atom. The first-order valence-electron chi connectivity index (χ1n) is 8.43. The summed E-state index contributed by atoms with van der Waals surface area (Å²) in [7, 11) is -1.72. The first kappa shape index (κ1) is 16.0. The van der Waals surface area contributed by atoms with Crippen LogP contribution in [0.5, 0.6) is 0 Å². The molecule has 2 aromatic rings. The van der Waals surface area contributed by atoms with Crippen molar-refractivity contribution in [2.45, 2.75) is 43.7 Å². The summed E-state index contributed by atoms with van der Waals surface area (Å²) in [5.74, 6) is 0. The number of fused-ring (bicyclic) bond motifs is 2. The van der Waals surface area contributed by atoms with E-state index in [9.17, 15) is 8.42 Å². The molecule has 0 spiro atoms. The number of pyridine rings is 1. The number of aryl methyl sites for hydroxylation is 2. The molecule has 4 heterocycles. The molecule has 0 bridgehead atoms. The van der Waals surface area contributed by atoms with Gasteiger partial charge < -0.3 is 0 Å². The van der Waals surface area contributed by atoms with Gasteiger partial charge in [0.25, 0.3) is 0 Å². The van der Waals surface area contributed by atoms with E-state index in [0.29, 0.717) is 18.2 Å². The first-order chi connectivity index (χ1) is 11.4. The van der Waals surface area contributed by atoms with Crippen LogP contribution in [0.4, 0.5) is 0 Å². The molecule has 0 saturated carbocycles. The molecule has 0 radical (unpaired) electrons. The highest BCUT2D eigenvalue weighted by Gasteiger charge is 2.40. The molecule has 4 rings (SSSR count). The Morgan fingerprint density at radius 3 is 2.88 bits per heavy atom. The highest BCUT2D eigenvalue weighted by molar-refractivity contribution is 7.89. The summed E-state index contributed by atoms with van der Waals surface area (Å²) in [6.07, 6.45) is 3.71. The van der Waals surface area contributed by atoms with E-state index in [0.717, 1.165) is 37.0 Å². The second-order valence-electron chi connectivity index (χ2n) is 6.97. The average Bonchev–Trinajstić information content (AvgIpc) is 3.10. The minimum absolute atomic E-state index is 0.0185. The van der Waals surface area contributed by atoms with Gasteiger partial charge in [0.05, 0.1) is 5.69 Å². The van der Waals surface area contributed by atoms with E-state index in [1.807, 2.05) is 20.9 Å². The van der Waals surface area contributed by atoms with Gasteiger partial charge in [0.15, 0.2) is 5.65 Å². The Morgan fingerprint density at radius 1 is 1.29 bits per heavy atom. The fourth-order valence-electron chi connectivity index (χ4n) is 4.06. The van der Waals surface area contributed by atoms with E-state index in [1.165, 1.54) is 6.20 Å². The lowest BCUT2D eigenvalue weighted by atomic mass is 10.1. The minimum atomic E-state index is -3.54.